The second kappa shape index (κ2) is 9.37. The molecule has 0 atom stereocenters. The minimum absolute atomic E-state index is 0.202. The van der Waals surface area contributed by atoms with Crippen LogP contribution in [0.25, 0.3) is 39.0 Å². The predicted octanol–water partition coefficient (Wildman–Crippen LogP) is 3.57. The van der Waals surface area contributed by atoms with Gasteiger partial charge in [-0.1, -0.05) is 6.07 Å². The summed E-state index contributed by atoms with van der Waals surface area (Å²) >= 11 is 0. The predicted molar refractivity (Wildman–Crippen MR) is 135 cm³/mol. The van der Waals surface area contributed by atoms with Crippen LogP contribution in [0, 0.1) is 0 Å². The first kappa shape index (κ1) is 23.6. The van der Waals surface area contributed by atoms with Crippen LogP contribution in [0.15, 0.2) is 59.0 Å². The Labute approximate surface area is 202 Å². The summed E-state index contributed by atoms with van der Waals surface area (Å²) in [6.07, 6.45) is 0.811. The van der Waals surface area contributed by atoms with E-state index in [2.05, 4.69) is 4.79 Å². The maximum absolute atomic E-state index is 13.0. The Morgan fingerprint density at radius 2 is 1.77 bits per heavy atom. The van der Waals surface area contributed by atoms with Crippen LogP contribution in [-0.4, -0.2) is 58.1 Å². The number of methoxy groups -OCH3 is 1. The zero-order chi connectivity index (χ0) is 25.3. The molecule has 0 spiro atoms. The second-order valence-corrected chi connectivity index (χ2v) is 8.49. The van der Waals surface area contributed by atoms with Gasteiger partial charge in [0.1, 0.15) is 25.4 Å². The molecule has 0 N–H and O–H groups in total. The van der Waals surface area contributed by atoms with Gasteiger partial charge in [0.05, 0.1) is 18.7 Å². The van der Waals surface area contributed by atoms with Crippen molar-refractivity contribution < 1.29 is 23.5 Å². The molecule has 0 aromatic heterocycles. The number of carbonyl (C=O) groups excluding carboxylic acids is 2. The molecule has 8 heteroatoms. The van der Waals surface area contributed by atoms with Crippen LogP contribution in [0.5, 0.6) is 0 Å². The third-order valence-electron chi connectivity index (χ3n) is 5.87. The Balaban J connectivity index is 2.16. The van der Waals surface area contributed by atoms with Crippen molar-refractivity contribution in [3.05, 3.63) is 76.6 Å². The molecule has 0 amide bonds. The minimum Gasteiger partial charge on any atom is -0.465 e. The van der Waals surface area contributed by atoms with Gasteiger partial charge in [-0.05, 0) is 35.9 Å². The standard InChI is InChI=1S/C27H25N4O4/c1-30(2)17-7-10-20-24(13-17)35-25-14-18(31(3)4)8-11-21(25)26(20)19-9-6-16(27(33)34-5)12-22(19)23(32)15-29-28/h6-15H,1-5H3/q+1. The lowest BCUT2D eigenvalue weighted by Crippen LogP contribution is -2.21. The summed E-state index contributed by atoms with van der Waals surface area (Å²) in [6, 6.07) is 16.5. The van der Waals surface area contributed by atoms with E-state index in [9.17, 15) is 9.59 Å². The molecule has 8 nitrogen and oxygen atoms in total. The lowest BCUT2D eigenvalue weighted by molar-refractivity contribution is 0.00234. The molecule has 1 aliphatic heterocycles. The van der Waals surface area contributed by atoms with Gasteiger partial charge in [-0.25, -0.2) is 9.37 Å². The van der Waals surface area contributed by atoms with E-state index in [1.165, 1.54) is 13.2 Å². The van der Waals surface area contributed by atoms with Crippen LogP contribution in [0.3, 0.4) is 0 Å². The fourth-order valence-electron chi connectivity index (χ4n) is 4.05. The van der Waals surface area contributed by atoms with Gasteiger partial charge in [-0.15, -0.1) is 0 Å². The zero-order valence-corrected chi connectivity index (χ0v) is 20.2. The average Bonchev–Trinajstić information content (AvgIpc) is 2.85. The average molecular weight is 470 g/mol. The van der Waals surface area contributed by atoms with Gasteiger partial charge in [-0.2, -0.15) is 4.79 Å². The van der Waals surface area contributed by atoms with E-state index in [-0.39, 0.29) is 11.1 Å². The summed E-state index contributed by atoms with van der Waals surface area (Å²) in [5, 5.41) is 1.75. The number of nitrogens with zero attached hydrogens (tertiary/aromatic N) is 4. The van der Waals surface area contributed by atoms with Crippen molar-refractivity contribution in [2.24, 2.45) is 0 Å². The SMILES string of the molecule is COC(=O)c1ccc(-c2c3ccc(=[N+](C)C)cc-3oc3cc(N(C)C)ccc23)c(C(=O)C=[N+]=[N-])c1. The highest BCUT2D eigenvalue weighted by Gasteiger charge is 2.24. The summed E-state index contributed by atoms with van der Waals surface area (Å²) in [7, 11) is 9.07. The third kappa shape index (κ3) is 4.35. The fraction of sp³-hybridized carbons (Fsp3) is 0.185. The van der Waals surface area contributed by atoms with Crippen LogP contribution in [-0.2, 0) is 4.74 Å². The first-order valence-corrected chi connectivity index (χ1v) is 10.9. The summed E-state index contributed by atoms with van der Waals surface area (Å²) < 4.78 is 13.1. The number of fused-ring (bicyclic) bond motifs is 2. The molecule has 2 aromatic rings. The van der Waals surface area contributed by atoms with Gasteiger partial charge < -0.3 is 19.6 Å². The third-order valence-corrected chi connectivity index (χ3v) is 5.87. The van der Waals surface area contributed by atoms with Crippen molar-refractivity contribution in [2.75, 3.05) is 40.2 Å². The first-order chi connectivity index (χ1) is 16.7. The Kier molecular flexibility index (Phi) is 6.32. The normalized spacial score (nSPS) is 10.7. The number of ketones is 1. The number of anilines is 1. The number of Topliss-reactive ketones (excluding diaryl/α,β-unsaturated/α-hetero) is 1. The lowest BCUT2D eigenvalue weighted by atomic mass is 9.88. The van der Waals surface area contributed by atoms with Crippen molar-refractivity contribution in [2.45, 2.75) is 0 Å². The van der Waals surface area contributed by atoms with Gasteiger partial charge in [0.2, 0.25) is 5.36 Å². The molecule has 0 unspecified atom stereocenters. The summed E-state index contributed by atoms with van der Waals surface area (Å²) in [4.78, 5) is 30.0. The minimum atomic E-state index is -0.574. The van der Waals surface area contributed by atoms with E-state index in [1.54, 1.807) is 12.1 Å². The summed E-state index contributed by atoms with van der Waals surface area (Å²) in [6.45, 7) is 0. The van der Waals surface area contributed by atoms with Crippen LogP contribution < -0.4 is 14.8 Å². The highest BCUT2D eigenvalue weighted by Crippen LogP contribution is 2.42. The molecule has 1 aliphatic carbocycles. The molecular formula is C27H25N4O4+. The van der Waals surface area contributed by atoms with Gasteiger partial charge in [0.15, 0.2) is 0 Å². The van der Waals surface area contributed by atoms with Crippen LogP contribution in [0.2, 0.25) is 0 Å². The van der Waals surface area contributed by atoms with Crippen molar-refractivity contribution in [3.8, 4) is 22.5 Å². The maximum Gasteiger partial charge on any atom is 0.337 e. The highest BCUT2D eigenvalue weighted by atomic mass is 16.5. The van der Waals surface area contributed by atoms with E-state index >= 15 is 0 Å². The molecule has 1 heterocycles. The fourth-order valence-corrected chi connectivity index (χ4v) is 4.05. The van der Waals surface area contributed by atoms with Gasteiger partial charge >= 0.3 is 12.2 Å². The number of carbonyl (C=O) groups is 2. The summed E-state index contributed by atoms with van der Waals surface area (Å²) in [5.41, 5.74) is 13.2. The second-order valence-electron chi connectivity index (χ2n) is 8.49. The van der Waals surface area contributed by atoms with Gasteiger partial charge in [0.25, 0.3) is 5.78 Å². The number of rotatable bonds is 5. The molecule has 0 bridgehead atoms. The first-order valence-electron chi connectivity index (χ1n) is 10.9. The quantitative estimate of drug-likeness (QED) is 0.0846. The van der Waals surface area contributed by atoms with E-state index in [0.717, 1.165) is 33.8 Å². The van der Waals surface area contributed by atoms with Crippen molar-refractivity contribution in [3.63, 3.8) is 0 Å². The number of hydrogen-bond acceptors (Lipinski definition) is 5. The Morgan fingerprint density at radius 3 is 2.43 bits per heavy atom. The van der Waals surface area contributed by atoms with Gasteiger partial charge in [0, 0.05) is 54.0 Å². The molecule has 0 radical (unpaired) electrons. The molecule has 176 valence electrons. The topological polar surface area (TPSA) is 99.2 Å². The maximum atomic E-state index is 13.0. The van der Waals surface area contributed by atoms with E-state index in [0.29, 0.717) is 16.9 Å². The van der Waals surface area contributed by atoms with E-state index < -0.39 is 11.8 Å². The number of ether oxygens (including phenoxy) is 1. The molecule has 35 heavy (non-hydrogen) atoms. The largest absolute Gasteiger partial charge is 0.465 e. The smallest absolute Gasteiger partial charge is 0.337 e. The highest BCUT2D eigenvalue weighted by molar-refractivity contribution is 6.35. The Bertz CT molecular complexity index is 1570. The molecule has 2 aliphatic rings. The molecular weight excluding hydrogens is 444 g/mol. The van der Waals surface area contributed by atoms with Gasteiger partial charge in [-0.3, -0.25) is 4.79 Å². The van der Waals surface area contributed by atoms with E-state index in [1.807, 2.05) is 74.1 Å². The zero-order valence-electron chi connectivity index (χ0n) is 20.2. The van der Waals surface area contributed by atoms with E-state index in [4.69, 9.17) is 14.7 Å². The number of esters is 1. The molecule has 4 rings (SSSR count). The van der Waals surface area contributed by atoms with Crippen LogP contribution in [0.1, 0.15) is 20.7 Å². The van der Waals surface area contributed by atoms with Crippen molar-refractivity contribution in [1.29, 1.82) is 0 Å². The lowest BCUT2D eigenvalue weighted by Gasteiger charge is -2.19. The Morgan fingerprint density at radius 1 is 1.03 bits per heavy atom. The van der Waals surface area contributed by atoms with Crippen molar-refractivity contribution in [1.82, 2.24) is 4.58 Å². The molecule has 0 saturated heterocycles. The number of benzene rings is 3. The molecule has 2 aromatic carbocycles. The van der Waals surface area contributed by atoms with Crippen molar-refractivity contribution >= 4 is 34.6 Å². The number of hydrogen-bond donors (Lipinski definition) is 0. The van der Waals surface area contributed by atoms with Crippen LogP contribution in [0.4, 0.5) is 5.69 Å². The molecule has 0 saturated carbocycles. The molecule has 0 fully saturated rings. The monoisotopic (exact) mass is 469 g/mol. The van der Waals surface area contributed by atoms with Crippen LogP contribution >= 0.6 is 0 Å². The summed E-state index contributed by atoms with van der Waals surface area (Å²) in [5.74, 6) is -0.485. The Hall–Kier alpha value is -4.55.